The highest BCUT2D eigenvalue weighted by Crippen LogP contribution is 2.13. The Morgan fingerprint density at radius 3 is 3.00 bits per heavy atom. The third-order valence-corrected chi connectivity index (χ3v) is 3.51. The van der Waals surface area contributed by atoms with E-state index < -0.39 is 0 Å². The minimum Gasteiger partial charge on any atom is -0.375 e. The molecule has 1 aromatic carbocycles. The highest BCUT2D eigenvalue weighted by Gasteiger charge is 2.24. The number of hydrogen-bond donors (Lipinski definition) is 1. The van der Waals surface area contributed by atoms with Crippen LogP contribution in [0.2, 0.25) is 0 Å². The highest BCUT2D eigenvalue weighted by atomic mass is 16.5. The van der Waals surface area contributed by atoms with E-state index in [1.165, 1.54) is 0 Å². The largest absolute Gasteiger partial charge is 0.375 e. The third kappa shape index (κ3) is 2.32. The molecule has 0 spiro atoms. The van der Waals surface area contributed by atoms with Gasteiger partial charge in [-0.3, -0.25) is 9.59 Å². The van der Waals surface area contributed by atoms with E-state index in [1.807, 2.05) is 31.2 Å². The molecule has 0 bridgehead atoms. The molecule has 3 rings (SSSR count). The van der Waals surface area contributed by atoms with Gasteiger partial charge < -0.3 is 14.6 Å². The first kappa shape index (κ1) is 12.9. The van der Waals surface area contributed by atoms with Crippen LogP contribution in [0.25, 0.3) is 10.9 Å². The van der Waals surface area contributed by atoms with Crippen molar-refractivity contribution in [3.05, 3.63) is 46.2 Å². The molecule has 0 saturated carbocycles. The number of nitrogens with zero attached hydrogens (tertiary/aromatic N) is 1. The number of aromatic amines is 1. The van der Waals surface area contributed by atoms with Crippen LogP contribution in [0.5, 0.6) is 0 Å². The Balaban J connectivity index is 1.98. The van der Waals surface area contributed by atoms with Crippen LogP contribution in [0.3, 0.4) is 0 Å². The summed E-state index contributed by atoms with van der Waals surface area (Å²) >= 11 is 0. The van der Waals surface area contributed by atoms with Crippen molar-refractivity contribution in [2.45, 2.75) is 13.0 Å². The Labute approximate surface area is 116 Å². The summed E-state index contributed by atoms with van der Waals surface area (Å²) < 4.78 is 5.41. The number of benzene rings is 1. The second-order valence-electron chi connectivity index (χ2n) is 5.03. The average Bonchev–Trinajstić information content (AvgIpc) is 2.46. The van der Waals surface area contributed by atoms with Gasteiger partial charge in [0.05, 0.1) is 12.7 Å². The topological polar surface area (TPSA) is 62.4 Å². The lowest BCUT2D eigenvalue weighted by molar-refractivity contribution is -0.0124. The fourth-order valence-electron chi connectivity index (χ4n) is 2.48. The molecule has 1 atom stereocenters. The van der Waals surface area contributed by atoms with E-state index in [0.717, 1.165) is 10.9 Å². The second kappa shape index (κ2) is 5.09. The molecule has 1 fully saturated rings. The lowest BCUT2D eigenvalue weighted by Crippen LogP contribution is -2.45. The van der Waals surface area contributed by atoms with Crippen LogP contribution in [0.4, 0.5) is 0 Å². The Morgan fingerprint density at radius 2 is 2.20 bits per heavy atom. The van der Waals surface area contributed by atoms with Gasteiger partial charge in [0.2, 0.25) is 0 Å². The number of carbonyl (C=O) groups is 1. The van der Waals surface area contributed by atoms with Gasteiger partial charge in [0.15, 0.2) is 0 Å². The molecule has 20 heavy (non-hydrogen) atoms. The number of fused-ring (bicyclic) bond motifs is 1. The van der Waals surface area contributed by atoms with Crippen molar-refractivity contribution in [1.82, 2.24) is 9.88 Å². The van der Waals surface area contributed by atoms with Gasteiger partial charge >= 0.3 is 0 Å². The van der Waals surface area contributed by atoms with Crippen molar-refractivity contribution in [1.29, 1.82) is 0 Å². The van der Waals surface area contributed by atoms with Gasteiger partial charge in [0, 0.05) is 18.6 Å². The summed E-state index contributed by atoms with van der Waals surface area (Å²) in [6, 6.07) is 9.09. The van der Waals surface area contributed by atoms with Crippen LogP contribution < -0.4 is 5.56 Å². The molecule has 1 amide bonds. The van der Waals surface area contributed by atoms with E-state index in [2.05, 4.69) is 4.98 Å². The number of para-hydroxylation sites is 1. The summed E-state index contributed by atoms with van der Waals surface area (Å²) in [5.41, 5.74) is 0.593. The molecule has 1 unspecified atom stereocenters. The van der Waals surface area contributed by atoms with Crippen molar-refractivity contribution in [2.24, 2.45) is 0 Å². The Bertz CT molecular complexity index is 708. The van der Waals surface area contributed by atoms with Gasteiger partial charge in [0.25, 0.3) is 11.5 Å². The second-order valence-corrected chi connectivity index (χ2v) is 5.03. The maximum Gasteiger partial charge on any atom is 0.261 e. The van der Waals surface area contributed by atoms with E-state index in [9.17, 15) is 9.59 Å². The molecule has 1 aliphatic heterocycles. The molecule has 0 radical (unpaired) electrons. The first-order chi connectivity index (χ1) is 9.65. The number of nitrogens with one attached hydrogen (secondary N) is 1. The zero-order valence-corrected chi connectivity index (χ0v) is 11.3. The van der Waals surface area contributed by atoms with Crippen LogP contribution in [0.1, 0.15) is 17.3 Å². The predicted octanol–water partition coefficient (Wildman–Crippen LogP) is 1.39. The lowest BCUT2D eigenvalue weighted by atomic mass is 10.1. The lowest BCUT2D eigenvalue weighted by Gasteiger charge is -2.31. The fourth-order valence-corrected chi connectivity index (χ4v) is 2.48. The molecule has 1 saturated heterocycles. The number of pyridine rings is 1. The minimum absolute atomic E-state index is 0.00670. The molecule has 0 aliphatic carbocycles. The summed E-state index contributed by atoms with van der Waals surface area (Å²) in [5.74, 6) is -0.229. The number of aromatic nitrogens is 1. The number of morpholine rings is 1. The van der Waals surface area contributed by atoms with Gasteiger partial charge in [-0.15, -0.1) is 0 Å². The van der Waals surface area contributed by atoms with Gasteiger partial charge in [-0.1, -0.05) is 18.2 Å². The summed E-state index contributed by atoms with van der Waals surface area (Å²) in [5, 5.41) is 0.858. The molecule has 104 valence electrons. The number of rotatable bonds is 1. The Hall–Kier alpha value is -2.14. The van der Waals surface area contributed by atoms with Crippen molar-refractivity contribution < 1.29 is 9.53 Å². The number of carbonyl (C=O) groups excluding carboxylic acids is 1. The molecular weight excluding hydrogens is 256 g/mol. The van der Waals surface area contributed by atoms with Crippen molar-refractivity contribution in [3.8, 4) is 0 Å². The monoisotopic (exact) mass is 272 g/mol. The summed E-state index contributed by atoms with van der Waals surface area (Å²) in [6.07, 6.45) is 0.00670. The maximum absolute atomic E-state index is 12.5. The van der Waals surface area contributed by atoms with Crippen LogP contribution in [0, 0.1) is 0 Å². The molecule has 5 heteroatoms. The van der Waals surface area contributed by atoms with Gasteiger partial charge in [-0.05, 0) is 24.4 Å². The van der Waals surface area contributed by atoms with E-state index >= 15 is 0 Å². The summed E-state index contributed by atoms with van der Waals surface area (Å²) in [7, 11) is 0. The number of hydrogen-bond acceptors (Lipinski definition) is 3. The van der Waals surface area contributed by atoms with E-state index in [4.69, 9.17) is 4.74 Å². The Morgan fingerprint density at radius 1 is 1.40 bits per heavy atom. The standard InChI is InChI=1S/C15H16N2O3/c1-10-9-17(6-7-20-10)15(19)12-8-11-4-2-3-5-13(11)16-14(12)18/h2-5,8,10H,6-7,9H2,1H3,(H,16,18). The van der Waals surface area contributed by atoms with Crippen LogP contribution in [-0.2, 0) is 4.74 Å². The molecule has 2 heterocycles. The zero-order chi connectivity index (χ0) is 14.1. The summed E-state index contributed by atoms with van der Waals surface area (Å²) in [6.45, 7) is 3.48. The smallest absolute Gasteiger partial charge is 0.261 e. The van der Waals surface area contributed by atoms with Crippen molar-refractivity contribution in [2.75, 3.05) is 19.7 Å². The maximum atomic E-state index is 12.5. The van der Waals surface area contributed by atoms with Crippen LogP contribution >= 0.6 is 0 Å². The molecule has 1 N–H and O–H groups in total. The van der Waals surface area contributed by atoms with Crippen molar-refractivity contribution >= 4 is 16.8 Å². The van der Waals surface area contributed by atoms with Crippen LogP contribution in [0.15, 0.2) is 35.1 Å². The molecule has 1 aromatic heterocycles. The first-order valence-corrected chi connectivity index (χ1v) is 6.68. The number of ether oxygens (including phenoxy) is 1. The van der Waals surface area contributed by atoms with Gasteiger partial charge in [-0.2, -0.15) is 0 Å². The summed E-state index contributed by atoms with van der Waals surface area (Å²) in [4.78, 5) is 29.0. The number of amides is 1. The quantitative estimate of drug-likeness (QED) is 0.853. The molecule has 5 nitrogen and oxygen atoms in total. The van der Waals surface area contributed by atoms with Crippen LogP contribution in [-0.4, -0.2) is 41.6 Å². The highest BCUT2D eigenvalue weighted by molar-refractivity contribution is 5.97. The normalized spacial score (nSPS) is 19.2. The molecule has 1 aliphatic rings. The third-order valence-electron chi connectivity index (χ3n) is 3.51. The number of H-pyrrole nitrogens is 1. The van der Waals surface area contributed by atoms with Gasteiger partial charge in [0.1, 0.15) is 5.56 Å². The van der Waals surface area contributed by atoms with E-state index in [1.54, 1.807) is 11.0 Å². The van der Waals surface area contributed by atoms with E-state index in [-0.39, 0.29) is 23.1 Å². The Kier molecular flexibility index (Phi) is 3.28. The first-order valence-electron chi connectivity index (χ1n) is 6.68. The zero-order valence-electron chi connectivity index (χ0n) is 11.3. The average molecular weight is 272 g/mol. The predicted molar refractivity (Wildman–Crippen MR) is 75.9 cm³/mol. The van der Waals surface area contributed by atoms with Gasteiger partial charge in [-0.25, -0.2) is 0 Å². The van der Waals surface area contributed by atoms with Crippen molar-refractivity contribution in [3.63, 3.8) is 0 Å². The minimum atomic E-state index is -0.340. The fraction of sp³-hybridized carbons (Fsp3) is 0.333. The van der Waals surface area contributed by atoms with E-state index in [0.29, 0.717) is 19.7 Å². The molecule has 2 aromatic rings. The SMILES string of the molecule is CC1CN(C(=O)c2cc3ccccc3[nH]c2=O)CCO1. The molecular formula is C15H16N2O3.